The third kappa shape index (κ3) is 1.47. The first-order chi connectivity index (χ1) is 8.15. The highest BCUT2D eigenvalue weighted by atomic mass is 16.1. The number of nitrogens with two attached hydrogens (primary N) is 1. The van der Waals surface area contributed by atoms with Gasteiger partial charge in [0, 0.05) is 24.4 Å². The Morgan fingerprint density at radius 2 is 2.29 bits per heavy atom. The van der Waals surface area contributed by atoms with Gasteiger partial charge >= 0.3 is 0 Å². The van der Waals surface area contributed by atoms with E-state index in [1.165, 1.54) is 0 Å². The quantitative estimate of drug-likeness (QED) is 0.769. The van der Waals surface area contributed by atoms with E-state index < -0.39 is 0 Å². The molecule has 1 aliphatic heterocycles. The number of carbonyl (C=O) groups excluding carboxylic acids is 1. The van der Waals surface area contributed by atoms with Crippen molar-refractivity contribution in [1.29, 1.82) is 0 Å². The highest BCUT2D eigenvalue weighted by Gasteiger charge is 2.22. The molecule has 0 atom stereocenters. The van der Waals surface area contributed by atoms with E-state index >= 15 is 0 Å². The number of amides is 1. The number of anilines is 2. The number of aromatic nitrogens is 2. The molecule has 1 aromatic heterocycles. The summed E-state index contributed by atoms with van der Waals surface area (Å²) in [5.74, 6) is 0.631. The van der Waals surface area contributed by atoms with Gasteiger partial charge in [0.1, 0.15) is 5.82 Å². The molecule has 0 saturated carbocycles. The van der Waals surface area contributed by atoms with E-state index in [4.69, 9.17) is 5.73 Å². The van der Waals surface area contributed by atoms with Gasteiger partial charge in [0.25, 0.3) is 0 Å². The third-order valence-electron chi connectivity index (χ3n) is 2.98. The van der Waals surface area contributed by atoms with Crippen LogP contribution in [0, 0.1) is 0 Å². The normalized spacial score (nSPS) is 13.6. The van der Waals surface area contributed by atoms with E-state index in [1.807, 2.05) is 24.3 Å². The molecule has 2 heterocycles. The molecule has 0 saturated heterocycles. The minimum absolute atomic E-state index is 0.0244. The minimum Gasteiger partial charge on any atom is -0.384 e. The first kappa shape index (κ1) is 9.89. The average Bonchev–Trinajstić information content (AvgIpc) is 2.81. The molecule has 3 N–H and O–H groups in total. The summed E-state index contributed by atoms with van der Waals surface area (Å²) in [4.78, 5) is 11.4. The second kappa shape index (κ2) is 3.35. The molecule has 5 heteroatoms. The standard InChI is InChI=1S/C12H12N4O/c1-16-11(13)6-10(15-16)7-3-2-4-9-8(7)5-12(17)14-9/h2-4,6H,5,13H2,1H3,(H,14,17). The highest BCUT2D eigenvalue weighted by molar-refractivity contribution is 6.01. The van der Waals surface area contributed by atoms with Crippen molar-refractivity contribution in [3.63, 3.8) is 0 Å². The van der Waals surface area contributed by atoms with Crippen LogP contribution in [-0.2, 0) is 18.3 Å². The summed E-state index contributed by atoms with van der Waals surface area (Å²) in [6.07, 6.45) is 0.405. The number of benzene rings is 1. The van der Waals surface area contributed by atoms with Crippen molar-refractivity contribution in [2.75, 3.05) is 11.1 Å². The van der Waals surface area contributed by atoms with Gasteiger partial charge in [-0.25, -0.2) is 0 Å². The number of fused-ring (bicyclic) bond motifs is 1. The maximum Gasteiger partial charge on any atom is 0.228 e. The first-order valence-electron chi connectivity index (χ1n) is 5.37. The number of nitrogens with zero attached hydrogens (tertiary/aromatic N) is 2. The van der Waals surface area contributed by atoms with Gasteiger partial charge in [-0.1, -0.05) is 12.1 Å². The largest absolute Gasteiger partial charge is 0.384 e. The maximum absolute atomic E-state index is 11.4. The molecular formula is C12H12N4O. The Kier molecular flexibility index (Phi) is 1.95. The van der Waals surface area contributed by atoms with Crippen molar-refractivity contribution in [2.45, 2.75) is 6.42 Å². The van der Waals surface area contributed by atoms with Crippen molar-refractivity contribution in [2.24, 2.45) is 7.05 Å². The Morgan fingerprint density at radius 1 is 1.47 bits per heavy atom. The van der Waals surface area contributed by atoms with Crippen LogP contribution < -0.4 is 11.1 Å². The molecule has 3 rings (SSSR count). The molecular weight excluding hydrogens is 216 g/mol. The lowest BCUT2D eigenvalue weighted by Gasteiger charge is -2.03. The lowest BCUT2D eigenvalue weighted by molar-refractivity contribution is -0.115. The molecule has 0 fully saturated rings. The van der Waals surface area contributed by atoms with Gasteiger partial charge in [0.2, 0.25) is 5.91 Å². The SMILES string of the molecule is Cn1nc(-c2cccc3c2CC(=O)N3)cc1N. The fourth-order valence-electron chi connectivity index (χ4n) is 2.10. The summed E-state index contributed by atoms with van der Waals surface area (Å²) in [5.41, 5.74) is 9.41. The Bertz CT molecular complexity index is 595. The fourth-order valence-corrected chi connectivity index (χ4v) is 2.10. The van der Waals surface area contributed by atoms with Crippen LogP contribution in [-0.4, -0.2) is 15.7 Å². The number of aryl methyl sites for hydroxylation is 1. The molecule has 1 aromatic carbocycles. The van der Waals surface area contributed by atoms with Crippen molar-refractivity contribution < 1.29 is 4.79 Å². The molecule has 86 valence electrons. The van der Waals surface area contributed by atoms with Crippen LogP contribution in [0.1, 0.15) is 5.56 Å². The van der Waals surface area contributed by atoms with Gasteiger partial charge in [-0.3, -0.25) is 9.48 Å². The second-order valence-electron chi connectivity index (χ2n) is 4.13. The molecule has 2 aromatic rings. The lowest BCUT2D eigenvalue weighted by atomic mass is 10.0. The zero-order valence-electron chi connectivity index (χ0n) is 9.40. The first-order valence-corrected chi connectivity index (χ1v) is 5.37. The maximum atomic E-state index is 11.4. The number of hydrogen-bond acceptors (Lipinski definition) is 3. The number of rotatable bonds is 1. The van der Waals surface area contributed by atoms with Gasteiger partial charge in [0.05, 0.1) is 12.1 Å². The summed E-state index contributed by atoms with van der Waals surface area (Å²) >= 11 is 0. The molecule has 17 heavy (non-hydrogen) atoms. The van der Waals surface area contributed by atoms with Crippen LogP contribution >= 0.6 is 0 Å². The predicted molar refractivity (Wildman–Crippen MR) is 65.4 cm³/mol. The van der Waals surface area contributed by atoms with E-state index in [2.05, 4.69) is 10.4 Å². The molecule has 0 aliphatic carbocycles. The Morgan fingerprint density at radius 3 is 3.00 bits per heavy atom. The molecule has 5 nitrogen and oxygen atoms in total. The van der Waals surface area contributed by atoms with E-state index in [-0.39, 0.29) is 5.91 Å². The fraction of sp³-hybridized carbons (Fsp3) is 0.167. The van der Waals surface area contributed by atoms with Gasteiger partial charge in [-0.05, 0) is 11.6 Å². The van der Waals surface area contributed by atoms with Gasteiger partial charge in [-0.15, -0.1) is 0 Å². The van der Waals surface area contributed by atoms with Crippen LogP contribution in [0.15, 0.2) is 24.3 Å². The molecule has 0 bridgehead atoms. The Labute approximate surface area is 98.2 Å². The summed E-state index contributed by atoms with van der Waals surface area (Å²) < 4.78 is 1.62. The summed E-state index contributed by atoms with van der Waals surface area (Å²) in [7, 11) is 1.80. The Balaban J connectivity index is 2.16. The van der Waals surface area contributed by atoms with E-state index in [1.54, 1.807) is 11.7 Å². The molecule has 0 radical (unpaired) electrons. The van der Waals surface area contributed by atoms with Gasteiger partial charge in [-0.2, -0.15) is 5.10 Å². The van der Waals surface area contributed by atoms with Crippen molar-refractivity contribution in [3.8, 4) is 11.3 Å². The zero-order chi connectivity index (χ0) is 12.0. The second-order valence-corrected chi connectivity index (χ2v) is 4.13. The van der Waals surface area contributed by atoms with Crippen molar-refractivity contribution in [1.82, 2.24) is 9.78 Å². The number of hydrogen-bond donors (Lipinski definition) is 2. The number of nitrogens with one attached hydrogen (secondary N) is 1. The van der Waals surface area contributed by atoms with Crippen LogP contribution in [0.4, 0.5) is 11.5 Å². The van der Waals surface area contributed by atoms with E-state index in [0.717, 1.165) is 22.5 Å². The third-order valence-corrected chi connectivity index (χ3v) is 2.98. The van der Waals surface area contributed by atoms with E-state index in [9.17, 15) is 4.79 Å². The molecule has 1 aliphatic rings. The molecule has 1 amide bonds. The van der Waals surface area contributed by atoms with Gasteiger partial charge in [0.15, 0.2) is 0 Å². The molecule has 0 spiro atoms. The highest BCUT2D eigenvalue weighted by Crippen LogP contribution is 2.33. The van der Waals surface area contributed by atoms with Crippen LogP contribution in [0.25, 0.3) is 11.3 Å². The van der Waals surface area contributed by atoms with E-state index in [0.29, 0.717) is 12.2 Å². The van der Waals surface area contributed by atoms with Crippen LogP contribution in [0.3, 0.4) is 0 Å². The lowest BCUT2D eigenvalue weighted by Crippen LogP contribution is -2.03. The van der Waals surface area contributed by atoms with Gasteiger partial charge < -0.3 is 11.1 Å². The summed E-state index contributed by atoms with van der Waals surface area (Å²) in [6, 6.07) is 7.58. The van der Waals surface area contributed by atoms with Crippen molar-refractivity contribution >= 4 is 17.4 Å². The summed E-state index contributed by atoms with van der Waals surface area (Å²) in [6.45, 7) is 0. The Hall–Kier alpha value is -2.30. The number of nitrogen functional groups attached to an aromatic ring is 1. The predicted octanol–water partition coefficient (Wildman–Crippen LogP) is 1.16. The minimum atomic E-state index is 0.0244. The number of carbonyl (C=O) groups is 1. The smallest absolute Gasteiger partial charge is 0.228 e. The van der Waals surface area contributed by atoms with Crippen LogP contribution in [0.2, 0.25) is 0 Å². The molecule has 0 unspecified atom stereocenters. The summed E-state index contributed by atoms with van der Waals surface area (Å²) in [5, 5.41) is 7.16. The topological polar surface area (TPSA) is 72.9 Å². The monoisotopic (exact) mass is 228 g/mol. The van der Waals surface area contributed by atoms with Crippen molar-refractivity contribution in [3.05, 3.63) is 29.8 Å². The van der Waals surface area contributed by atoms with Crippen LogP contribution in [0.5, 0.6) is 0 Å². The average molecular weight is 228 g/mol. The zero-order valence-corrected chi connectivity index (χ0v) is 9.40.